The average Bonchev–Trinajstić information content (AvgIpc) is 2.96. The molecule has 1 aromatic heterocycles. The van der Waals surface area contributed by atoms with E-state index >= 15 is 0 Å². The van der Waals surface area contributed by atoms with Crippen LogP contribution in [0.15, 0.2) is 61.1 Å². The lowest BCUT2D eigenvalue weighted by molar-refractivity contribution is 0.987. The van der Waals surface area contributed by atoms with Gasteiger partial charge in [0, 0.05) is 12.1 Å². The number of aryl methyl sites for hydroxylation is 1. The Balaban J connectivity index is 2.15. The van der Waals surface area contributed by atoms with Crippen molar-refractivity contribution in [1.29, 1.82) is 0 Å². The fourth-order valence-electron chi connectivity index (χ4n) is 2.42. The highest BCUT2D eigenvalue weighted by Crippen LogP contribution is 2.25. The Kier molecular flexibility index (Phi) is 3.35. The van der Waals surface area contributed by atoms with E-state index in [0.717, 1.165) is 22.5 Å². The van der Waals surface area contributed by atoms with Crippen molar-refractivity contribution in [2.75, 3.05) is 0 Å². The van der Waals surface area contributed by atoms with Crippen molar-refractivity contribution in [2.45, 2.75) is 13.5 Å². The van der Waals surface area contributed by atoms with Gasteiger partial charge in [0.25, 0.3) is 0 Å². The predicted octanol–water partition coefficient (Wildman–Crippen LogP) is 3.31. The van der Waals surface area contributed by atoms with Gasteiger partial charge in [-0.05, 0) is 24.6 Å². The van der Waals surface area contributed by atoms with Crippen LogP contribution in [0.25, 0.3) is 16.9 Å². The molecule has 3 heteroatoms. The Morgan fingerprint density at radius 1 is 1.10 bits per heavy atom. The molecule has 0 unspecified atom stereocenters. The first-order valence-electron chi connectivity index (χ1n) is 6.67. The van der Waals surface area contributed by atoms with Crippen molar-refractivity contribution >= 4 is 0 Å². The number of hydrogen-bond acceptors (Lipinski definition) is 2. The monoisotopic (exact) mass is 263 g/mol. The Hall–Kier alpha value is -2.39. The van der Waals surface area contributed by atoms with E-state index in [2.05, 4.69) is 52.9 Å². The second kappa shape index (κ2) is 5.31. The molecule has 100 valence electrons. The molecule has 3 nitrogen and oxygen atoms in total. The van der Waals surface area contributed by atoms with Crippen LogP contribution in [-0.4, -0.2) is 9.55 Å². The maximum Gasteiger partial charge on any atom is 0.0997 e. The van der Waals surface area contributed by atoms with E-state index in [4.69, 9.17) is 5.73 Å². The predicted molar refractivity (Wildman–Crippen MR) is 81.6 cm³/mol. The molecule has 0 aliphatic rings. The van der Waals surface area contributed by atoms with Crippen molar-refractivity contribution in [1.82, 2.24) is 9.55 Å². The molecule has 3 aromatic rings. The van der Waals surface area contributed by atoms with E-state index in [-0.39, 0.29) is 0 Å². The third-order valence-electron chi connectivity index (χ3n) is 3.42. The van der Waals surface area contributed by atoms with Gasteiger partial charge >= 0.3 is 0 Å². The molecular formula is C17H17N3. The molecule has 1 heterocycles. The maximum absolute atomic E-state index is 5.84. The van der Waals surface area contributed by atoms with Crippen molar-refractivity contribution in [3.05, 3.63) is 72.2 Å². The standard InChI is InChI=1S/C17H17N3/c1-13-5-4-7-14(9-13)17-11-19-12-20(17)16-8-3-2-6-15(16)10-18/h2-9,11-12H,10,18H2,1H3. The Bertz CT molecular complexity index is 728. The van der Waals surface area contributed by atoms with Crippen LogP contribution < -0.4 is 5.73 Å². The summed E-state index contributed by atoms with van der Waals surface area (Å²) in [4.78, 5) is 4.30. The molecule has 0 saturated heterocycles. The van der Waals surface area contributed by atoms with Crippen LogP contribution >= 0.6 is 0 Å². The van der Waals surface area contributed by atoms with E-state index in [0.29, 0.717) is 6.54 Å². The molecule has 3 rings (SSSR count). The molecule has 0 amide bonds. The summed E-state index contributed by atoms with van der Waals surface area (Å²) in [5.74, 6) is 0. The van der Waals surface area contributed by atoms with E-state index in [1.807, 2.05) is 24.7 Å². The zero-order valence-electron chi connectivity index (χ0n) is 11.5. The van der Waals surface area contributed by atoms with Crippen LogP contribution in [0.1, 0.15) is 11.1 Å². The first kappa shape index (κ1) is 12.6. The molecule has 0 aliphatic heterocycles. The van der Waals surface area contributed by atoms with Gasteiger partial charge in [-0.1, -0.05) is 42.0 Å². The lowest BCUT2D eigenvalue weighted by Gasteiger charge is -2.12. The van der Waals surface area contributed by atoms with E-state index in [9.17, 15) is 0 Å². The number of nitrogens with zero attached hydrogens (tertiary/aromatic N) is 2. The lowest BCUT2D eigenvalue weighted by Crippen LogP contribution is -2.04. The van der Waals surface area contributed by atoms with Crippen LogP contribution in [0.5, 0.6) is 0 Å². The van der Waals surface area contributed by atoms with Crippen molar-refractivity contribution in [2.24, 2.45) is 5.73 Å². The van der Waals surface area contributed by atoms with E-state index in [1.54, 1.807) is 0 Å². The van der Waals surface area contributed by atoms with Crippen molar-refractivity contribution in [3.8, 4) is 16.9 Å². The van der Waals surface area contributed by atoms with E-state index < -0.39 is 0 Å². The van der Waals surface area contributed by atoms with Gasteiger partial charge in [0.05, 0.1) is 23.9 Å². The smallest absolute Gasteiger partial charge is 0.0997 e. The summed E-state index contributed by atoms with van der Waals surface area (Å²) in [6.07, 6.45) is 3.73. The highest BCUT2D eigenvalue weighted by atomic mass is 15.1. The van der Waals surface area contributed by atoms with Crippen molar-refractivity contribution in [3.63, 3.8) is 0 Å². The first-order chi connectivity index (χ1) is 9.79. The minimum Gasteiger partial charge on any atom is -0.326 e. The summed E-state index contributed by atoms with van der Waals surface area (Å²) in [7, 11) is 0. The second-order valence-corrected chi connectivity index (χ2v) is 4.85. The summed E-state index contributed by atoms with van der Waals surface area (Å²) >= 11 is 0. The van der Waals surface area contributed by atoms with Crippen LogP contribution in [0.2, 0.25) is 0 Å². The SMILES string of the molecule is Cc1cccc(-c2cncn2-c2ccccc2CN)c1. The Labute approximate surface area is 118 Å². The maximum atomic E-state index is 5.84. The molecule has 0 fully saturated rings. The number of rotatable bonds is 3. The number of hydrogen-bond donors (Lipinski definition) is 1. The molecule has 0 atom stereocenters. The van der Waals surface area contributed by atoms with Crippen LogP contribution in [-0.2, 0) is 6.54 Å². The molecule has 0 aliphatic carbocycles. The van der Waals surface area contributed by atoms with Gasteiger partial charge in [-0.3, -0.25) is 4.57 Å². The van der Waals surface area contributed by atoms with Gasteiger partial charge in [0.2, 0.25) is 0 Å². The zero-order chi connectivity index (χ0) is 13.9. The fraction of sp³-hybridized carbons (Fsp3) is 0.118. The highest BCUT2D eigenvalue weighted by molar-refractivity contribution is 5.63. The van der Waals surface area contributed by atoms with Crippen LogP contribution in [0.3, 0.4) is 0 Å². The molecule has 2 N–H and O–H groups in total. The number of aromatic nitrogens is 2. The van der Waals surface area contributed by atoms with Gasteiger partial charge in [-0.25, -0.2) is 4.98 Å². The number of nitrogens with two attached hydrogens (primary N) is 1. The molecule has 0 saturated carbocycles. The second-order valence-electron chi connectivity index (χ2n) is 4.85. The summed E-state index contributed by atoms with van der Waals surface area (Å²) in [5.41, 5.74) is 11.5. The van der Waals surface area contributed by atoms with Gasteiger partial charge in [0.15, 0.2) is 0 Å². The lowest BCUT2D eigenvalue weighted by atomic mass is 10.1. The average molecular weight is 263 g/mol. The Morgan fingerprint density at radius 2 is 1.95 bits per heavy atom. The molecular weight excluding hydrogens is 246 g/mol. The number of para-hydroxylation sites is 1. The minimum absolute atomic E-state index is 0.515. The quantitative estimate of drug-likeness (QED) is 0.788. The third kappa shape index (κ3) is 2.24. The van der Waals surface area contributed by atoms with Gasteiger partial charge < -0.3 is 5.73 Å². The minimum atomic E-state index is 0.515. The first-order valence-corrected chi connectivity index (χ1v) is 6.67. The number of imidazole rings is 1. The van der Waals surface area contributed by atoms with Crippen LogP contribution in [0.4, 0.5) is 0 Å². The van der Waals surface area contributed by atoms with Gasteiger partial charge in [-0.15, -0.1) is 0 Å². The highest BCUT2D eigenvalue weighted by Gasteiger charge is 2.09. The van der Waals surface area contributed by atoms with Gasteiger partial charge in [0.1, 0.15) is 0 Å². The molecule has 0 bridgehead atoms. The molecule has 20 heavy (non-hydrogen) atoms. The normalized spacial score (nSPS) is 10.7. The van der Waals surface area contributed by atoms with Crippen molar-refractivity contribution < 1.29 is 0 Å². The summed E-state index contributed by atoms with van der Waals surface area (Å²) in [6.45, 7) is 2.61. The Morgan fingerprint density at radius 3 is 2.75 bits per heavy atom. The molecule has 0 spiro atoms. The third-order valence-corrected chi connectivity index (χ3v) is 3.42. The summed E-state index contributed by atoms with van der Waals surface area (Å²) in [6, 6.07) is 16.6. The van der Waals surface area contributed by atoms with Gasteiger partial charge in [-0.2, -0.15) is 0 Å². The van der Waals surface area contributed by atoms with Crippen LogP contribution in [0, 0.1) is 6.92 Å². The summed E-state index contributed by atoms with van der Waals surface area (Å²) in [5, 5.41) is 0. The molecule has 0 radical (unpaired) electrons. The fourth-order valence-corrected chi connectivity index (χ4v) is 2.42. The number of benzene rings is 2. The molecule has 2 aromatic carbocycles. The summed E-state index contributed by atoms with van der Waals surface area (Å²) < 4.78 is 2.09. The largest absolute Gasteiger partial charge is 0.326 e. The topological polar surface area (TPSA) is 43.8 Å². The van der Waals surface area contributed by atoms with E-state index in [1.165, 1.54) is 5.56 Å². The zero-order valence-corrected chi connectivity index (χ0v) is 11.5.